The summed E-state index contributed by atoms with van der Waals surface area (Å²) in [7, 11) is 0. The van der Waals surface area contributed by atoms with Crippen molar-refractivity contribution in [3.05, 3.63) is 62.5 Å². The maximum Gasteiger partial charge on any atom is 0.255 e. The molecule has 2 aromatic rings. The summed E-state index contributed by atoms with van der Waals surface area (Å²) in [6.07, 6.45) is 0.704. The maximum absolute atomic E-state index is 12.1. The zero-order chi connectivity index (χ0) is 13.8. The highest BCUT2D eigenvalue weighted by Gasteiger charge is 2.12. The number of halogens is 2. The lowest BCUT2D eigenvalue weighted by atomic mass is 10.1. The molecule has 0 spiro atoms. The van der Waals surface area contributed by atoms with Crippen LogP contribution in [-0.2, 0) is 0 Å². The van der Waals surface area contributed by atoms with Crippen LogP contribution in [0.5, 0.6) is 0 Å². The fraction of sp³-hybridized carbons (Fsp3) is 0. The maximum atomic E-state index is 12.1. The van der Waals surface area contributed by atoms with Gasteiger partial charge in [0.25, 0.3) is 5.91 Å². The molecule has 0 aromatic heterocycles. The summed E-state index contributed by atoms with van der Waals surface area (Å²) in [5.41, 5.74) is 1.41. The van der Waals surface area contributed by atoms with Gasteiger partial charge < -0.3 is 5.32 Å². The van der Waals surface area contributed by atoms with Crippen molar-refractivity contribution in [1.29, 1.82) is 0 Å². The van der Waals surface area contributed by atoms with Crippen molar-refractivity contribution in [1.82, 2.24) is 0 Å². The van der Waals surface area contributed by atoms with Crippen LogP contribution in [0.4, 0.5) is 5.69 Å². The predicted molar refractivity (Wildman–Crippen MR) is 81.6 cm³/mol. The van der Waals surface area contributed by atoms with Gasteiger partial charge in [-0.3, -0.25) is 9.59 Å². The van der Waals surface area contributed by atoms with E-state index >= 15 is 0 Å². The first-order chi connectivity index (χ1) is 9.11. The van der Waals surface area contributed by atoms with Crippen molar-refractivity contribution in [2.24, 2.45) is 0 Å². The van der Waals surface area contributed by atoms with Crippen LogP contribution in [0.25, 0.3) is 0 Å². The van der Waals surface area contributed by atoms with Crippen molar-refractivity contribution in [2.45, 2.75) is 0 Å². The quantitative estimate of drug-likeness (QED) is 0.805. The second kappa shape index (κ2) is 6.12. The number of amides is 1. The van der Waals surface area contributed by atoms with E-state index in [-0.39, 0.29) is 5.91 Å². The molecular weight excluding hydrogens is 374 g/mol. The Labute approximate surface area is 127 Å². The molecule has 0 unspecified atom stereocenters. The van der Waals surface area contributed by atoms with Crippen molar-refractivity contribution in [2.75, 3.05) is 5.32 Å². The average Bonchev–Trinajstić information content (AvgIpc) is 2.42. The van der Waals surface area contributed by atoms with Crippen molar-refractivity contribution < 1.29 is 9.59 Å². The summed E-state index contributed by atoms with van der Waals surface area (Å²) in [6, 6.07) is 12.2. The van der Waals surface area contributed by atoms with Gasteiger partial charge in [-0.25, -0.2) is 0 Å². The monoisotopic (exact) mass is 381 g/mol. The second-order valence-corrected chi connectivity index (χ2v) is 5.56. The molecule has 0 aliphatic carbocycles. The Balaban J connectivity index is 2.34. The van der Waals surface area contributed by atoms with Gasteiger partial charge in [-0.15, -0.1) is 0 Å². The van der Waals surface area contributed by atoms with Crippen LogP contribution in [0.1, 0.15) is 20.7 Å². The molecule has 0 heterocycles. The molecule has 2 aromatic carbocycles. The number of hydrogen-bond acceptors (Lipinski definition) is 2. The molecule has 19 heavy (non-hydrogen) atoms. The smallest absolute Gasteiger partial charge is 0.255 e. The minimum atomic E-state index is -0.258. The summed E-state index contributed by atoms with van der Waals surface area (Å²) in [6.45, 7) is 0. The highest BCUT2D eigenvalue weighted by Crippen LogP contribution is 2.30. The molecule has 1 amide bonds. The molecule has 0 aliphatic heterocycles. The van der Waals surface area contributed by atoms with Crippen molar-refractivity contribution in [3.8, 4) is 0 Å². The lowest BCUT2D eigenvalue weighted by molar-refractivity contribution is 0.102. The summed E-state index contributed by atoms with van der Waals surface area (Å²) >= 11 is 6.63. The summed E-state index contributed by atoms with van der Waals surface area (Å²) in [4.78, 5) is 23.1. The van der Waals surface area contributed by atoms with Crippen LogP contribution in [0, 0.1) is 0 Å². The molecule has 1 N–H and O–H groups in total. The van der Waals surface area contributed by atoms with Crippen LogP contribution in [0.3, 0.4) is 0 Å². The topological polar surface area (TPSA) is 46.2 Å². The van der Waals surface area contributed by atoms with Gasteiger partial charge in [0.1, 0.15) is 0 Å². The Morgan fingerprint density at radius 2 is 1.79 bits per heavy atom. The molecule has 0 fully saturated rings. The first kappa shape index (κ1) is 14.0. The third-order valence-electron chi connectivity index (χ3n) is 2.49. The highest BCUT2D eigenvalue weighted by atomic mass is 79.9. The molecule has 2 rings (SSSR count). The average molecular weight is 383 g/mol. The molecule has 0 bridgehead atoms. The highest BCUT2D eigenvalue weighted by molar-refractivity contribution is 9.11. The van der Waals surface area contributed by atoms with Crippen LogP contribution in [0.2, 0.25) is 0 Å². The lowest BCUT2D eigenvalue weighted by Crippen LogP contribution is -2.13. The summed E-state index contributed by atoms with van der Waals surface area (Å²) in [5.74, 6) is -0.258. The van der Waals surface area contributed by atoms with E-state index in [2.05, 4.69) is 37.2 Å². The van der Waals surface area contributed by atoms with Gasteiger partial charge in [-0.1, -0.05) is 34.1 Å². The van der Waals surface area contributed by atoms with E-state index in [1.54, 1.807) is 36.4 Å². The Morgan fingerprint density at radius 1 is 1.11 bits per heavy atom. The van der Waals surface area contributed by atoms with E-state index in [4.69, 9.17) is 0 Å². The number of benzene rings is 2. The van der Waals surface area contributed by atoms with Gasteiger partial charge >= 0.3 is 0 Å². The van der Waals surface area contributed by atoms with Gasteiger partial charge in [-0.2, -0.15) is 0 Å². The van der Waals surface area contributed by atoms with E-state index in [1.807, 2.05) is 6.07 Å². The largest absolute Gasteiger partial charge is 0.320 e. The number of anilines is 1. The normalized spacial score (nSPS) is 10.0. The van der Waals surface area contributed by atoms with Gasteiger partial charge in [0.05, 0.1) is 5.69 Å². The number of carbonyl (C=O) groups excluding carboxylic acids is 2. The fourth-order valence-electron chi connectivity index (χ4n) is 1.59. The van der Waals surface area contributed by atoms with E-state index in [0.717, 1.165) is 4.47 Å². The van der Waals surface area contributed by atoms with Crippen LogP contribution >= 0.6 is 31.9 Å². The lowest BCUT2D eigenvalue weighted by Gasteiger charge is -2.10. The third kappa shape index (κ3) is 3.30. The molecule has 3 nitrogen and oxygen atoms in total. The Kier molecular flexibility index (Phi) is 4.50. The number of aldehydes is 1. The molecule has 0 saturated heterocycles. The van der Waals surface area contributed by atoms with Crippen molar-refractivity contribution >= 4 is 49.7 Å². The van der Waals surface area contributed by atoms with Crippen LogP contribution in [0.15, 0.2) is 51.4 Å². The van der Waals surface area contributed by atoms with Crippen molar-refractivity contribution in [3.63, 3.8) is 0 Å². The van der Waals surface area contributed by atoms with E-state index < -0.39 is 0 Å². The van der Waals surface area contributed by atoms with Gasteiger partial charge in [0, 0.05) is 20.1 Å². The van der Waals surface area contributed by atoms with Gasteiger partial charge in [0.2, 0.25) is 0 Å². The van der Waals surface area contributed by atoms with E-state index in [1.165, 1.54) is 0 Å². The molecule has 0 aliphatic rings. The predicted octanol–water partition coefficient (Wildman–Crippen LogP) is 4.28. The summed E-state index contributed by atoms with van der Waals surface area (Å²) < 4.78 is 1.41. The molecule has 0 saturated carbocycles. The standard InChI is InChI=1S/C14H9Br2NO2/c15-11-6-10(8-18)13(12(16)7-11)17-14(19)9-4-2-1-3-5-9/h1-8H,(H,17,19). The number of hydrogen-bond donors (Lipinski definition) is 1. The minimum absolute atomic E-state index is 0.258. The molecule has 0 atom stereocenters. The third-order valence-corrected chi connectivity index (χ3v) is 3.57. The first-order valence-electron chi connectivity index (χ1n) is 5.42. The molecule has 5 heteroatoms. The Hall–Kier alpha value is -1.46. The zero-order valence-corrected chi connectivity index (χ0v) is 12.9. The zero-order valence-electron chi connectivity index (χ0n) is 9.69. The summed E-state index contributed by atoms with van der Waals surface area (Å²) in [5, 5.41) is 2.74. The van der Waals surface area contributed by atoms with Crippen LogP contribution in [-0.4, -0.2) is 12.2 Å². The number of carbonyl (C=O) groups is 2. The fourth-order valence-corrected chi connectivity index (χ4v) is 2.95. The number of rotatable bonds is 3. The first-order valence-corrected chi connectivity index (χ1v) is 7.01. The Morgan fingerprint density at radius 3 is 2.42 bits per heavy atom. The van der Waals surface area contributed by atoms with Crippen LogP contribution < -0.4 is 5.32 Å². The van der Waals surface area contributed by atoms with E-state index in [0.29, 0.717) is 27.6 Å². The SMILES string of the molecule is O=Cc1cc(Br)cc(Br)c1NC(=O)c1ccccc1. The van der Waals surface area contributed by atoms with Gasteiger partial charge in [0.15, 0.2) is 6.29 Å². The molecular formula is C14H9Br2NO2. The van der Waals surface area contributed by atoms with Gasteiger partial charge in [-0.05, 0) is 40.2 Å². The molecule has 0 radical (unpaired) electrons. The number of nitrogens with one attached hydrogen (secondary N) is 1. The Bertz CT molecular complexity index is 627. The van der Waals surface area contributed by atoms with E-state index in [9.17, 15) is 9.59 Å². The second-order valence-electron chi connectivity index (χ2n) is 3.79. The minimum Gasteiger partial charge on any atom is -0.320 e. The molecule has 96 valence electrons.